The van der Waals surface area contributed by atoms with Gasteiger partial charge in [0.05, 0.1) is 0 Å². The molecule has 4 rings (SSSR count). The van der Waals surface area contributed by atoms with E-state index in [-0.39, 0.29) is 6.10 Å². The molecule has 1 aromatic carbocycles. The molecule has 3 heteroatoms. The highest BCUT2D eigenvalue weighted by Crippen LogP contribution is 2.34. The van der Waals surface area contributed by atoms with Gasteiger partial charge in [0, 0.05) is 28.5 Å². The number of aromatic nitrogens is 1. The van der Waals surface area contributed by atoms with Crippen LogP contribution in [0.1, 0.15) is 31.9 Å². The van der Waals surface area contributed by atoms with Gasteiger partial charge in [0.15, 0.2) is 0 Å². The molecule has 0 radical (unpaired) electrons. The van der Waals surface area contributed by atoms with Crippen LogP contribution in [-0.4, -0.2) is 23.6 Å². The molecule has 0 aliphatic carbocycles. The van der Waals surface area contributed by atoms with Gasteiger partial charge in [-0.25, -0.2) is 0 Å². The SMILES string of the molecule is CCC(Oc1ccccc1-c1cc2cccc(C)n2c1)C1CCNCC1. The van der Waals surface area contributed by atoms with E-state index < -0.39 is 0 Å². The molecule has 3 heterocycles. The molecular weight excluding hydrogens is 320 g/mol. The Morgan fingerprint density at radius 1 is 1.12 bits per heavy atom. The standard InChI is InChI=1S/C23H28N2O/c1-3-22(18-11-13-24-14-12-18)26-23-10-5-4-9-21(23)19-15-20-8-6-7-17(2)25(20)16-19/h4-10,15-16,18,22,24H,3,11-14H2,1-2H3. The zero-order valence-electron chi connectivity index (χ0n) is 15.7. The number of pyridine rings is 1. The second-order valence-corrected chi connectivity index (χ2v) is 7.34. The van der Waals surface area contributed by atoms with Gasteiger partial charge in [-0.2, -0.15) is 0 Å². The molecular formula is C23H28N2O. The van der Waals surface area contributed by atoms with Crippen molar-refractivity contribution in [3.8, 4) is 16.9 Å². The summed E-state index contributed by atoms with van der Waals surface area (Å²) in [6.07, 6.45) is 5.97. The van der Waals surface area contributed by atoms with Gasteiger partial charge >= 0.3 is 0 Å². The summed E-state index contributed by atoms with van der Waals surface area (Å²) in [6, 6.07) is 17.1. The van der Waals surface area contributed by atoms with Crippen LogP contribution in [0, 0.1) is 12.8 Å². The molecule has 0 saturated carbocycles. The molecule has 1 atom stereocenters. The Morgan fingerprint density at radius 2 is 1.92 bits per heavy atom. The maximum Gasteiger partial charge on any atom is 0.127 e. The Morgan fingerprint density at radius 3 is 2.69 bits per heavy atom. The van der Waals surface area contributed by atoms with Gasteiger partial charge in [0.2, 0.25) is 0 Å². The van der Waals surface area contributed by atoms with Gasteiger partial charge in [-0.05, 0) is 69.5 Å². The molecule has 136 valence electrons. The highest BCUT2D eigenvalue weighted by molar-refractivity contribution is 5.75. The average Bonchev–Trinajstić information content (AvgIpc) is 3.13. The van der Waals surface area contributed by atoms with Gasteiger partial charge in [0.1, 0.15) is 11.9 Å². The first-order chi connectivity index (χ1) is 12.8. The van der Waals surface area contributed by atoms with Crippen LogP contribution in [0.4, 0.5) is 0 Å². The molecule has 2 aromatic heterocycles. The molecule has 3 nitrogen and oxygen atoms in total. The van der Waals surface area contributed by atoms with E-state index in [2.05, 4.69) is 78.3 Å². The molecule has 1 saturated heterocycles. The summed E-state index contributed by atoms with van der Waals surface area (Å²) in [6.45, 7) is 6.60. The molecule has 0 bridgehead atoms. The predicted molar refractivity (Wildman–Crippen MR) is 108 cm³/mol. The predicted octanol–water partition coefficient (Wildman–Crippen LogP) is 5.07. The first-order valence-corrected chi connectivity index (χ1v) is 9.80. The van der Waals surface area contributed by atoms with Crippen molar-refractivity contribution in [3.05, 3.63) is 60.4 Å². The van der Waals surface area contributed by atoms with Gasteiger partial charge in [-0.1, -0.05) is 31.2 Å². The number of hydrogen-bond acceptors (Lipinski definition) is 2. The number of aryl methyl sites for hydroxylation is 1. The number of nitrogens with one attached hydrogen (secondary N) is 1. The maximum atomic E-state index is 6.58. The third kappa shape index (κ3) is 3.36. The average molecular weight is 348 g/mol. The van der Waals surface area contributed by atoms with Crippen molar-refractivity contribution in [2.75, 3.05) is 13.1 Å². The van der Waals surface area contributed by atoms with E-state index in [4.69, 9.17) is 4.74 Å². The van der Waals surface area contributed by atoms with Gasteiger partial charge in [0.25, 0.3) is 0 Å². The van der Waals surface area contributed by atoms with E-state index in [1.54, 1.807) is 0 Å². The van der Waals surface area contributed by atoms with Crippen molar-refractivity contribution in [2.45, 2.75) is 39.2 Å². The van der Waals surface area contributed by atoms with Crippen LogP contribution in [0.15, 0.2) is 54.7 Å². The summed E-state index contributed by atoms with van der Waals surface area (Å²) in [7, 11) is 0. The van der Waals surface area contributed by atoms with Gasteiger partial charge < -0.3 is 14.5 Å². The van der Waals surface area contributed by atoms with Crippen molar-refractivity contribution < 1.29 is 4.74 Å². The smallest absolute Gasteiger partial charge is 0.127 e. The fraction of sp³-hybridized carbons (Fsp3) is 0.391. The van der Waals surface area contributed by atoms with Gasteiger partial charge in [-0.15, -0.1) is 0 Å². The minimum absolute atomic E-state index is 0.289. The monoisotopic (exact) mass is 348 g/mol. The molecule has 0 amide bonds. The minimum atomic E-state index is 0.289. The summed E-state index contributed by atoms with van der Waals surface area (Å²) in [4.78, 5) is 0. The lowest BCUT2D eigenvalue weighted by Crippen LogP contribution is -2.36. The fourth-order valence-electron chi connectivity index (χ4n) is 4.13. The largest absolute Gasteiger partial charge is 0.490 e. The second-order valence-electron chi connectivity index (χ2n) is 7.34. The van der Waals surface area contributed by atoms with Crippen LogP contribution in [0.2, 0.25) is 0 Å². The Balaban J connectivity index is 1.66. The Kier molecular flexibility index (Phi) is 4.98. The zero-order chi connectivity index (χ0) is 17.9. The molecule has 26 heavy (non-hydrogen) atoms. The van der Waals surface area contributed by atoms with Crippen LogP contribution >= 0.6 is 0 Å². The summed E-state index contributed by atoms with van der Waals surface area (Å²) in [5.41, 5.74) is 4.87. The summed E-state index contributed by atoms with van der Waals surface area (Å²) < 4.78 is 8.82. The van der Waals surface area contributed by atoms with Crippen LogP contribution in [-0.2, 0) is 0 Å². The van der Waals surface area contributed by atoms with Crippen LogP contribution in [0.3, 0.4) is 0 Å². The Hall–Kier alpha value is -2.26. The number of ether oxygens (including phenoxy) is 1. The number of para-hydroxylation sites is 1. The lowest BCUT2D eigenvalue weighted by molar-refractivity contribution is 0.109. The molecule has 0 spiro atoms. The summed E-state index contributed by atoms with van der Waals surface area (Å²) in [5, 5.41) is 3.46. The quantitative estimate of drug-likeness (QED) is 0.696. The molecule has 3 aromatic rings. The van der Waals surface area contributed by atoms with Gasteiger partial charge in [-0.3, -0.25) is 0 Å². The molecule has 1 aliphatic rings. The topological polar surface area (TPSA) is 25.7 Å². The first kappa shape index (κ1) is 17.2. The number of hydrogen-bond donors (Lipinski definition) is 1. The second kappa shape index (κ2) is 7.55. The van der Waals surface area contributed by atoms with Crippen molar-refractivity contribution in [1.82, 2.24) is 9.72 Å². The van der Waals surface area contributed by atoms with Crippen molar-refractivity contribution in [1.29, 1.82) is 0 Å². The Bertz CT molecular complexity index is 877. The number of rotatable bonds is 5. The molecule has 1 N–H and O–H groups in total. The number of nitrogens with zero attached hydrogens (tertiary/aromatic N) is 1. The highest BCUT2D eigenvalue weighted by Gasteiger charge is 2.24. The van der Waals surface area contributed by atoms with Crippen LogP contribution in [0.25, 0.3) is 16.6 Å². The maximum absolute atomic E-state index is 6.58. The van der Waals surface area contributed by atoms with E-state index in [9.17, 15) is 0 Å². The lowest BCUT2D eigenvalue weighted by Gasteiger charge is -2.31. The Labute approximate surface area is 156 Å². The third-order valence-electron chi connectivity index (χ3n) is 5.62. The van der Waals surface area contributed by atoms with Crippen LogP contribution < -0.4 is 10.1 Å². The van der Waals surface area contributed by atoms with E-state index in [1.165, 1.54) is 35.2 Å². The third-order valence-corrected chi connectivity index (χ3v) is 5.62. The fourth-order valence-corrected chi connectivity index (χ4v) is 4.13. The molecule has 1 fully saturated rings. The van der Waals surface area contributed by atoms with E-state index in [0.717, 1.165) is 25.3 Å². The van der Waals surface area contributed by atoms with Crippen molar-refractivity contribution >= 4 is 5.52 Å². The molecule has 1 unspecified atom stereocenters. The summed E-state index contributed by atoms with van der Waals surface area (Å²) in [5.74, 6) is 1.65. The number of fused-ring (bicyclic) bond motifs is 1. The summed E-state index contributed by atoms with van der Waals surface area (Å²) >= 11 is 0. The molecule has 1 aliphatic heterocycles. The normalized spacial score (nSPS) is 16.7. The zero-order valence-corrected chi connectivity index (χ0v) is 15.7. The van der Waals surface area contributed by atoms with Crippen molar-refractivity contribution in [3.63, 3.8) is 0 Å². The number of benzene rings is 1. The minimum Gasteiger partial charge on any atom is -0.490 e. The first-order valence-electron chi connectivity index (χ1n) is 9.80. The van der Waals surface area contributed by atoms with E-state index in [0.29, 0.717) is 5.92 Å². The number of piperidine rings is 1. The van der Waals surface area contributed by atoms with Crippen LogP contribution in [0.5, 0.6) is 5.75 Å². The van der Waals surface area contributed by atoms with E-state index >= 15 is 0 Å². The van der Waals surface area contributed by atoms with E-state index in [1.807, 2.05) is 0 Å². The lowest BCUT2D eigenvalue weighted by atomic mass is 9.90. The van der Waals surface area contributed by atoms with Crippen molar-refractivity contribution in [2.24, 2.45) is 5.92 Å². The highest BCUT2D eigenvalue weighted by atomic mass is 16.5.